The summed E-state index contributed by atoms with van der Waals surface area (Å²) >= 11 is 0. The molecule has 6 nitrogen and oxygen atoms in total. The number of nitrogens with one attached hydrogen (secondary N) is 1. The number of hydrogen-bond acceptors (Lipinski definition) is 4. The Morgan fingerprint density at radius 3 is 2.77 bits per heavy atom. The molecule has 0 bridgehead atoms. The number of hydrazone groups is 1. The highest BCUT2D eigenvalue weighted by atomic mass is 16.2. The summed E-state index contributed by atoms with van der Waals surface area (Å²) in [6, 6.07) is 3.79. The van der Waals surface area contributed by atoms with Gasteiger partial charge in [0.2, 0.25) is 11.8 Å². The van der Waals surface area contributed by atoms with Crippen LogP contribution in [0.2, 0.25) is 0 Å². The summed E-state index contributed by atoms with van der Waals surface area (Å²) in [6.07, 6.45) is 7.18. The van der Waals surface area contributed by atoms with Gasteiger partial charge in [-0.1, -0.05) is 6.08 Å². The maximum absolute atomic E-state index is 12.4. The van der Waals surface area contributed by atoms with Crippen molar-refractivity contribution in [3.05, 3.63) is 42.7 Å². The summed E-state index contributed by atoms with van der Waals surface area (Å²) in [5.41, 5.74) is 4.36. The Hall–Kier alpha value is -2.50. The van der Waals surface area contributed by atoms with Crippen LogP contribution in [0.5, 0.6) is 0 Å². The van der Waals surface area contributed by atoms with E-state index in [1.54, 1.807) is 23.4 Å². The summed E-state index contributed by atoms with van der Waals surface area (Å²) in [4.78, 5) is 29.1. The average molecular weight is 300 g/mol. The Morgan fingerprint density at radius 1 is 1.36 bits per heavy atom. The summed E-state index contributed by atoms with van der Waals surface area (Å²) in [5.74, 6) is -0.0163. The van der Waals surface area contributed by atoms with Crippen molar-refractivity contribution in [1.82, 2.24) is 15.3 Å². The molecule has 0 unspecified atom stereocenters. The van der Waals surface area contributed by atoms with Crippen molar-refractivity contribution in [2.45, 2.75) is 32.2 Å². The van der Waals surface area contributed by atoms with Crippen molar-refractivity contribution in [1.29, 1.82) is 0 Å². The first-order valence-corrected chi connectivity index (χ1v) is 7.31. The molecule has 1 aromatic heterocycles. The normalized spacial score (nSPS) is 14.0. The van der Waals surface area contributed by atoms with Gasteiger partial charge < -0.3 is 4.90 Å². The first-order valence-electron chi connectivity index (χ1n) is 7.31. The van der Waals surface area contributed by atoms with E-state index in [0.29, 0.717) is 38.8 Å². The molecular formula is C16H20N4O2. The van der Waals surface area contributed by atoms with Crippen LogP contribution < -0.4 is 5.43 Å². The largest absolute Gasteiger partial charge is 0.335 e. The van der Waals surface area contributed by atoms with Gasteiger partial charge in [-0.2, -0.15) is 5.10 Å². The minimum Gasteiger partial charge on any atom is -0.335 e. The molecule has 0 fully saturated rings. The van der Waals surface area contributed by atoms with Gasteiger partial charge in [-0.15, -0.1) is 6.58 Å². The van der Waals surface area contributed by atoms with E-state index in [-0.39, 0.29) is 11.8 Å². The van der Waals surface area contributed by atoms with Crippen molar-refractivity contribution in [3.63, 3.8) is 0 Å². The van der Waals surface area contributed by atoms with E-state index in [1.807, 2.05) is 12.1 Å². The number of hydrogen-bond donors (Lipinski definition) is 1. The van der Waals surface area contributed by atoms with Gasteiger partial charge >= 0.3 is 0 Å². The zero-order chi connectivity index (χ0) is 15.8. The fourth-order valence-electron chi connectivity index (χ4n) is 2.22. The second-order valence-electron chi connectivity index (χ2n) is 5.13. The molecule has 0 saturated heterocycles. The van der Waals surface area contributed by atoms with Crippen molar-refractivity contribution in [3.8, 4) is 0 Å². The quantitative estimate of drug-likeness (QED) is 0.778. The van der Waals surface area contributed by atoms with E-state index >= 15 is 0 Å². The molecule has 0 saturated carbocycles. The Bertz CT molecular complexity index is 569. The van der Waals surface area contributed by atoms with Crippen molar-refractivity contribution < 1.29 is 9.59 Å². The zero-order valence-electron chi connectivity index (χ0n) is 12.5. The smallest absolute Gasteiger partial charge is 0.240 e. The molecule has 0 aromatic carbocycles. The molecule has 2 heterocycles. The molecule has 0 aliphatic carbocycles. The van der Waals surface area contributed by atoms with Gasteiger partial charge in [0.05, 0.1) is 0 Å². The van der Waals surface area contributed by atoms with Gasteiger partial charge in [-0.3, -0.25) is 14.6 Å². The number of nitrogens with zero attached hydrogens (tertiary/aromatic N) is 3. The fourth-order valence-corrected chi connectivity index (χ4v) is 2.22. The van der Waals surface area contributed by atoms with Crippen LogP contribution in [0.1, 0.15) is 31.2 Å². The lowest BCUT2D eigenvalue weighted by atomic mass is 10.1. The summed E-state index contributed by atoms with van der Waals surface area (Å²) in [7, 11) is 0. The van der Waals surface area contributed by atoms with Gasteiger partial charge in [0.25, 0.3) is 0 Å². The van der Waals surface area contributed by atoms with E-state index < -0.39 is 0 Å². The minimum atomic E-state index is -0.0685. The molecule has 1 aliphatic rings. The van der Waals surface area contributed by atoms with Crippen LogP contribution in [-0.4, -0.2) is 34.0 Å². The van der Waals surface area contributed by atoms with E-state index in [4.69, 9.17) is 0 Å². The number of carbonyl (C=O) groups excluding carboxylic acids is 2. The summed E-state index contributed by atoms with van der Waals surface area (Å²) in [6.45, 7) is 4.75. The molecule has 0 radical (unpaired) electrons. The third-order valence-corrected chi connectivity index (χ3v) is 3.43. The molecule has 1 aliphatic heterocycles. The summed E-state index contributed by atoms with van der Waals surface area (Å²) in [5, 5.41) is 3.99. The Labute approximate surface area is 129 Å². The third-order valence-electron chi connectivity index (χ3n) is 3.43. The molecular weight excluding hydrogens is 280 g/mol. The number of amides is 2. The molecule has 0 atom stereocenters. The topological polar surface area (TPSA) is 74.7 Å². The molecule has 1 aromatic rings. The van der Waals surface area contributed by atoms with E-state index in [0.717, 1.165) is 11.3 Å². The average Bonchev–Trinajstić information content (AvgIpc) is 2.54. The van der Waals surface area contributed by atoms with Crippen LogP contribution >= 0.6 is 0 Å². The molecule has 2 amide bonds. The van der Waals surface area contributed by atoms with Gasteiger partial charge in [0.1, 0.15) is 0 Å². The predicted molar refractivity (Wildman–Crippen MR) is 83.9 cm³/mol. The maximum atomic E-state index is 12.4. The highest BCUT2D eigenvalue weighted by Gasteiger charge is 2.16. The van der Waals surface area contributed by atoms with Crippen LogP contribution in [0.4, 0.5) is 0 Å². The van der Waals surface area contributed by atoms with E-state index in [2.05, 4.69) is 22.1 Å². The minimum absolute atomic E-state index is 0.0521. The number of carbonyl (C=O) groups is 2. The second-order valence-corrected chi connectivity index (χ2v) is 5.13. The molecule has 1 N–H and O–H groups in total. The van der Waals surface area contributed by atoms with Gasteiger partial charge in [0, 0.05) is 44.0 Å². The fraction of sp³-hybridized carbons (Fsp3) is 0.375. The van der Waals surface area contributed by atoms with Crippen molar-refractivity contribution in [2.24, 2.45) is 5.10 Å². The first-order chi connectivity index (χ1) is 10.7. The second kappa shape index (κ2) is 8.07. The Balaban J connectivity index is 1.89. The van der Waals surface area contributed by atoms with Gasteiger partial charge in [0.15, 0.2) is 0 Å². The highest BCUT2D eigenvalue weighted by molar-refractivity contribution is 5.94. The van der Waals surface area contributed by atoms with Crippen LogP contribution in [0.3, 0.4) is 0 Å². The van der Waals surface area contributed by atoms with Gasteiger partial charge in [-0.05, 0) is 30.5 Å². The lowest BCUT2D eigenvalue weighted by Gasteiger charge is -2.21. The van der Waals surface area contributed by atoms with Crippen molar-refractivity contribution >= 4 is 17.5 Å². The van der Waals surface area contributed by atoms with Crippen LogP contribution in [0.25, 0.3) is 0 Å². The van der Waals surface area contributed by atoms with E-state index in [1.165, 1.54) is 0 Å². The standard InChI is InChI=1S/C16H20N4O2/c1-2-11-20(12-13-7-9-17-10-8-13)16(22)6-4-14-3-5-15(21)19-18-14/h2,7-10H,1,3-6,11-12H2,(H,19,21). The predicted octanol–water partition coefficient (Wildman–Crippen LogP) is 1.64. The van der Waals surface area contributed by atoms with Crippen LogP contribution in [0, 0.1) is 0 Å². The highest BCUT2D eigenvalue weighted by Crippen LogP contribution is 2.10. The van der Waals surface area contributed by atoms with Crippen LogP contribution in [0.15, 0.2) is 42.3 Å². The molecule has 0 spiro atoms. The van der Waals surface area contributed by atoms with Crippen molar-refractivity contribution in [2.75, 3.05) is 6.54 Å². The number of pyridine rings is 1. The first kappa shape index (κ1) is 15.9. The lowest BCUT2D eigenvalue weighted by molar-refractivity contribution is -0.131. The van der Waals surface area contributed by atoms with Crippen LogP contribution in [-0.2, 0) is 16.1 Å². The summed E-state index contributed by atoms with van der Waals surface area (Å²) < 4.78 is 0. The Kier molecular flexibility index (Phi) is 5.82. The zero-order valence-corrected chi connectivity index (χ0v) is 12.5. The monoisotopic (exact) mass is 300 g/mol. The molecule has 22 heavy (non-hydrogen) atoms. The SMILES string of the molecule is C=CCN(Cc1ccncc1)C(=O)CCC1=NNC(=O)CC1. The molecule has 116 valence electrons. The lowest BCUT2D eigenvalue weighted by Crippen LogP contribution is -2.31. The molecule has 2 rings (SSSR count). The number of aromatic nitrogens is 1. The maximum Gasteiger partial charge on any atom is 0.240 e. The number of rotatable bonds is 7. The molecule has 6 heteroatoms. The third kappa shape index (κ3) is 4.80. The Morgan fingerprint density at radius 2 is 2.14 bits per heavy atom. The van der Waals surface area contributed by atoms with E-state index in [9.17, 15) is 9.59 Å². The van der Waals surface area contributed by atoms with Gasteiger partial charge in [-0.25, -0.2) is 5.43 Å².